The summed E-state index contributed by atoms with van der Waals surface area (Å²) in [6.07, 6.45) is -3.49. The van der Waals surface area contributed by atoms with Crippen LogP contribution in [0.5, 0.6) is 0 Å². The third-order valence-electron chi connectivity index (χ3n) is 5.07. The van der Waals surface area contributed by atoms with Gasteiger partial charge in [-0.25, -0.2) is 4.79 Å². The highest BCUT2D eigenvalue weighted by atomic mass is 35.5. The van der Waals surface area contributed by atoms with Crippen LogP contribution < -0.4 is 10.2 Å². The molecule has 2 fully saturated rings. The lowest BCUT2D eigenvalue weighted by atomic mass is 10.1. The maximum Gasteiger partial charge on any atom is 0.401 e. The van der Waals surface area contributed by atoms with E-state index in [2.05, 4.69) is 10.2 Å². The fraction of sp³-hybridized carbons (Fsp3) is 0.611. The summed E-state index contributed by atoms with van der Waals surface area (Å²) in [5.74, 6) is 0.0701. The number of benzene rings is 1. The van der Waals surface area contributed by atoms with Gasteiger partial charge in [-0.3, -0.25) is 4.90 Å². The van der Waals surface area contributed by atoms with Crippen LogP contribution in [0.1, 0.15) is 6.42 Å². The second-order valence-corrected chi connectivity index (χ2v) is 7.52. The van der Waals surface area contributed by atoms with Gasteiger partial charge in [0, 0.05) is 39.3 Å². The average molecular weight is 405 g/mol. The highest BCUT2D eigenvalue weighted by molar-refractivity contribution is 6.33. The number of hydrogen-bond donors (Lipinski definition) is 1. The molecule has 150 valence electrons. The molecule has 2 saturated heterocycles. The number of anilines is 1. The minimum atomic E-state index is -4.17. The Morgan fingerprint density at radius 2 is 1.85 bits per heavy atom. The van der Waals surface area contributed by atoms with Crippen molar-refractivity contribution in [1.29, 1.82) is 0 Å². The molecule has 2 aliphatic heterocycles. The van der Waals surface area contributed by atoms with Gasteiger partial charge < -0.3 is 15.1 Å². The fourth-order valence-electron chi connectivity index (χ4n) is 3.68. The van der Waals surface area contributed by atoms with Crippen LogP contribution in [-0.2, 0) is 0 Å². The summed E-state index contributed by atoms with van der Waals surface area (Å²) in [5.41, 5.74) is 0.968. The molecule has 2 amide bonds. The number of piperazine rings is 1. The monoisotopic (exact) mass is 404 g/mol. The van der Waals surface area contributed by atoms with Crippen molar-refractivity contribution in [1.82, 2.24) is 15.1 Å². The lowest BCUT2D eigenvalue weighted by Crippen LogP contribution is -2.52. The normalized spacial score (nSPS) is 21.6. The Morgan fingerprint density at radius 3 is 2.52 bits per heavy atom. The minimum Gasteiger partial charge on any atom is -0.367 e. The standard InChI is InChI=1S/C18H24ClF3N4O/c19-15-3-1-2-4-16(15)25-7-9-26(10-8-25)17(27)23-11-14-5-6-24(12-14)13-18(20,21)22/h1-4,14H,5-13H2,(H,23,27). The van der Waals surface area contributed by atoms with Gasteiger partial charge in [0.2, 0.25) is 0 Å². The summed E-state index contributed by atoms with van der Waals surface area (Å²) < 4.78 is 37.3. The molecule has 0 bridgehead atoms. The van der Waals surface area contributed by atoms with Gasteiger partial charge in [-0.2, -0.15) is 13.2 Å². The number of carbonyl (C=O) groups is 1. The number of carbonyl (C=O) groups excluding carboxylic acids is 1. The molecule has 1 aromatic rings. The summed E-state index contributed by atoms with van der Waals surface area (Å²) in [6.45, 7) is 2.90. The molecule has 5 nitrogen and oxygen atoms in total. The number of rotatable bonds is 4. The van der Waals surface area contributed by atoms with Crippen molar-refractivity contribution < 1.29 is 18.0 Å². The van der Waals surface area contributed by atoms with Crippen LogP contribution in [0.3, 0.4) is 0 Å². The molecule has 0 saturated carbocycles. The number of para-hydroxylation sites is 1. The second-order valence-electron chi connectivity index (χ2n) is 7.12. The molecule has 0 aliphatic carbocycles. The Labute approximate surface area is 162 Å². The smallest absolute Gasteiger partial charge is 0.367 e. The van der Waals surface area contributed by atoms with Gasteiger partial charge in [-0.15, -0.1) is 0 Å². The number of nitrogens with one attached hydrogen (secondary N) is 1. The molecule has 0 spiro atoms. The molecule has 2 aliphatic rings. The van der Waals surface area contributed by atoms with Crippen molar-refractivity contribution in [3.8, 4) is 0 Å². The number of urea groups is 1. The fourth-order valence-corrected chi connectivity index (χ4v) is 3.93. The molecule has 1 aromatic carbocycles. The molecule has 3 rings (SSSR count). The van der Waals surface area contributed by atoms with Crippen LogP contribution >= 0.6 is 11.6 Å². The van der Waals surface area contributed by atoms with E-state index in [0.29, 0.717) is 57.3 Å². The summed E-state index contributed by atoms with van der Waals surface area (Å²) in [6, 6.07) is 7.48. The number of nitrogens with zero attached hydrogens (tertiary/aromatic N) is 3. The van der Waals surface area contributed by atoms with Crippen molar-refractivity contribution >= 4 is 23.3 Å². The average Bonchev–Trinajstić information content (AvgIpc) is 3.06. The predicted molar refractivity (Wildman–Crippen MR) is 99.2 cm³/mol. The number of alkyl halides is 3. The molecule has 2 heterocycles. The quantitative estimate of drug-likeness (QED) is 0.838. The van der Waals surface area contributed by atoms with Crippen LogP contribution in [0.2, 0.25) is 5.02 Å². The van der Waals surface area contributed by atoms with Gasteiger partial charge in [0.15, 0.2) is 0 Å². The Balaban J connectivity index is 1.40. The minimum absolute atomic E-state index is 0.0701. The van der Waals surface area contributed by atoms with E-state index in [1.165, 1.54) is 4.90 Å². The van der Waals surface area contributed by atoms with Gasteiger partial charge in [0.1, 0.15) is 0 Å². The van der Waals surface area contributed by atoms with Crippen molar-refractivity contribution in [3.05, 3.63) is 29.3 Å². The lowest BCUT2D eigenvalue weighted by Gasteiger charge is -2.36. The number of halogens is 4. The third kappa shape index (κ3) is 5.65. The maximum absolute atomic E-state index is 12.4. The summed E-state index contributed by atoms with van der Waals surface area (Å²) >= 11 is 6.22. The van der Waals surface area contributed by atoms with Gasteiger partial charge in [0.05, 0.1) is 17.3 Å². The van der Waals surface area contributed by atoms with Crippen LogP contribution in [0.4, 0.5) is 23.7 Å². The lowest BCUT2D eigenvalue weighted by molar-refractivity contribution is -0.143. The highest BCUT2D eigenvalue weighted by Crippen LogP contribution is 2.26. The number of likely N-dealkylation sites (tertiary alicyclic amines) is 1. The van der Waals surface area contributed by atoms with Gasteiger partial charge in [-0.1, -0.05) is 23.7 Å². The Hall–Kier alpha value is -1.67. The van der Waals surface area contributed by atoms with Crippen molar-refractivity contribution in [2.24, 2.45) is 5.92 Å². The largest absolute Gasteiger partial charge is 0.401 e. The Kier molecular flexibility index (Phi) is 6.37. The Bertz CT molecular complexity index is 650. The predicted octanol–water partition coefficient (Wildman–Crippen LogP) is 3.06. The third-order valence-corrected chi connectivity index (χ3v) is 5.39. The first kappa shape index (κ1) is 20.1. The van der Waals surface area contributed by atoms with E-state index in [1.807, 2.05) is 24.3 Å². The maximum atomic E-state index is 12.4. The van der Waals surface area contributed by atoms with Crippen molar-refractivity contribution in [2.75, 3.05) is 57.3 Å². The first-order valence-corrected chi connectivity index (χ1v) is 9.51. The van der Waals surface area contributed by atoms with E-state index in [1.54, 1.807) is 4.90 Å². The van der Waals surface area contributed by atoms with Gasteiger partial charge >= 0.3 is 12.2 Å². The van der Waals surface area contributed by atoms with Crippen LogP contribution in [0, 0.1) is 5.92 Å². The van der Waals surface area contributed by atoms with E-state index < -0.39 is 12.7 Å². The number of hydrogen-bond acceptors (Lipinski definition) is 3. The summed E-state index contributed by atoms with van der Waals surface area (Å²) in [5, 5.41) is 3.57. The second kappa shape index (κ2) is 8.56. The molecule has 0 radical (unpaired) electrons. The first-order chi connectivity index (χ1) is 12.8. The zero-order valence-corrected chi connectivity index (χ0v) is 15.8. The summed E-state index contributed by atoms with van der Waals surface area (Å²) in [4.78, 5) is 17.7. The van der Waals surface area contributed by atoms with Crippen molar-refractivity contribution in [3.63, 3.8) is 0 Å². The SMILES string of the molecule is O=C(NCC1CCN(CC(F)(F)F)C1)N1CCN(c2ccccc2Cl)CC1. The molecule has 1 atom stereocenters. The van der Waals surface area contributed by atoms with E-state index in [9.17, 15) is 18.0 Å². The zero-order valence-electron chi connectivity index (χ0n) is 15.0. The molecule has 27 heavy (non-hydrogen) atoms. The molecular formula is C18H24ClF3N4O. The van der Waals surface area contributed by atoms with Crippen molar-refractivity contribution in [2.45, 2.75) is 12.6 Å². The zero-order chi connectivity index (χ0) is 19.4. The van der Waals surface area contributed by atoms with E-state index >= 15 is 0 Å². The molecular weight excluding hydrogens is 381 g/mol. The van der Waals surface area contributed by atoms with Gasteiger partial charge in [-0.05, 0) is 31.0 Å². The van der Waals surface area contributed by atoms with Gasteiger partial charge in [0.25, 0.3) is 0 Å². The van der Waals surface area contributed by atoms with E-state index in [4.69, 9.17) is 11.6 Å². The Morgan fingerprint density at radius 1 is 1.15 bits per heavy atom. The molecule has 1 N–H and O–H groups in total. The molecule has 1 unspecified atom stereocenters. The van der Waals surface area contributed by atoms with Crippen LogP contribution in [0.25, 0.3) is 0 Å². The van der Waals surface area contributed by atoms with Crippen LogP contribution in [-0.4, -0.2) is 74.4 Å². The van der Waals surface area contributed by atoms with Crippen LogP contribution in [0.15, 0.2) is 24.3 Å². The molecule has 9 heteroatoms. The number of amides is 2. The topological polar surface area (TPSA) is 38.8 Å². The summed E-state index contributed by atoms with van der Waals surface area (Å²) in [7, 11) is 0. The van der Waals surface area contributed by atoms with E-state index in [-0.39, 0.29) is 11.9 Å². The first-order valence-electron chi connectivity index (χ1n) is 9.13. The van der Waals surface area contributed by atoms with E-state index in [0.717, 1.165) is 5.69 Å². The molecule has 0 aromatic heterocycles. The highest BCUT2D eigenvalue weighted by Gasteiger charge is 2.34.